The van der Waals surface area contributed by atoms with Crippen molar-refractivity contribution in [3.8, 4) is 0 Å². The lowest BCUT2D eigenvalue weighted by Crippen LogP contribution is -2.17. The first-order valence-electron chi connectivity index (χ1n) is 5.64. The summed E-state index contributed by atoms with van der Waals surface area (Å²) in [7, 11) is 0. The average molecular weight is 221 g/mol. The zero-order valence-corrected chi connectivity index (χ0v) is 10.3. The summed E-state index contributed by atoms with van der Waals surface area (Å²) in [5, 5.41) is 3.59. The fourth-order valence-corrected chi connectivity index (χ4v) is 2.41. The lowest BCUT2D eigenvalue weighted by molar-refractivity contribution is 0.694. The highest BCUT2D eigenvalue weighted by atomic mass is 32.2. The Bertz CT molecular complexity index is 320. The van der Waals surface area contributed by atoms with Crippen LogP contribution < -0.4 is 5.32 Å². The summed E-state index contributed by atoms with van der Waals surface area (Å²) in [6, 6.07) is 9.42. The third kappa shape index (κ3) is 3.16. The van der Waals surface area contributed by atoms with Gasteiger partial charge in [-0.3, -0.25) is 0 Å². The summed E-state index contributed by atoms with van der Waals surface area (Å²) in [5.41, 5.74) is 2.69. The van der Waals surface area contributed by atoms with E-state index in [1.807, 2.05) is 11.8 Å². The van der Waals surface area contributed by atoms with Crippen LogP contribution in [0, 0.1) is 5.92 Å². The molecule has 1 nitrogen and oxygen atoms in total. The summed E-state index contributed by atoms with van der Waals surface area (Å²) >= 11 is 1.87. The maximum Gasteiger partial charge on any atom is 0.0345 e. The van der Waals surface area contributed by atoms with E-state index in [-0.39, 0.29) is 0 Å². The highest BCUT2D eigenvalue weighted by Crippen LogP contribution is 2.34. The lowest BCUT2D eigenvalue weighted by atomic mass is 10.1. The summed E-state index contributed by atoms with van der Waals surface area (Å²) in [5.74, 6) is 2.02. The van der Waals surface area contributed by atoms with Gasteiger partial charge in [0.2, 0.25) is 0 Å². The molecule has 1 aromatic rings. The van der Waals surface area contributed by atoms with E-state index in [1.165, 1.54) is 24.1 Å². The summed E-state index contributed by atoms with van der Waals surface area (Å²) in [6.45, 7) is 2.29. The number of hydrogen-bond acceptors (Lipinski definition) is 2. The molecule has 0 radical (unpaired) electrons. The second-order valence-electron chi connectivity index (χ2n) is 4.40. The molecule has 1 atom stereocenters. The van der Waals surface area contributed by atoms with E-state index in [0.29, 0.717) is 6.04 Å². The van der Waals surface area contributed by atoms with Crippen molar-refractivity contribution in [2.24, 2.45) is 5.92 Å². The summed E-state index contributed by atoms with van der Waals surface area (Å²) in [4.78, 5) is 0. The number of anilines is 1. The molecule has 15 heavy (non-hydrogen) atoms. The zero-order chi connectivity index (χ0) is 10.7. The van der Waals surface area contributed by atoms with E-state index in [0.717, 1.165) is 11.7 Å². The van der Waals surface area contributed by atoms with Crippen LogP contribution in [0.25, 0.3) is 0 Å². The molecule has 1 aromatic carbocycles. The maximum atomic E-state index is 3.59. The molecular weight excluding hydrogens is 202 g/mol. The Morgan fingerprint density at radius 2 is 2.27 bits per heavy atom. The van der Waals surface area contributed by atoms with E-state index >= 15 is 0 Å². The SMILES string of the molecule is CSCc1cccc(NC(C)C2CC2)c1. The molecule has 82 valence electrons. The van der Waals surface area contributed by atoms with E-state index < -0.39 is 0 Å². The number of hydrogen-bond donors (Lipinski definition) is 1. The normalized spacial score (nSPS) is 17.5. The van der Waals surface area contributed by atoms with E-state index in [2.05, 4.69) is 42.8 Å². The zero-order valence-electron chi connectivity index (χ0n) is 9.49. The fraction of sp³-hybridized carbons (Fsp3) is 0.538. The predicted octanol–water partition coefficient (Wildman–Crippen LogP) is 3.76. The van der Waals surface area contributed by atoms with Crippen molar-refractivity contribution in [2.45, 2.75) is 31.6 Å². The first-order chi connectivity index (χ1) is 7.29. The molecule has 1 N–H and O–H groups in total. The topological polar surface area (TPSA) is 12.0 Å². The van der Waals surface area contributed by atoms with Crippen molar-refractivity contribution < 1.29 is 0 Å². The molecule has 2 rings (SSSR count). The smallest absolute Gasteiger partial charge is 0.0345 e. The second kappa shape index (κ2) is 4.93. The van der Waals surface area contributed by atoms with Crippen molar-refractivity contribution in [2.75, 3.05) is 11.6 Å². The van der Waals surface area contributed by atoms with Crippen molar-refractivity contribution in [1.82, 2.24) is 0 Å². The van der Waals surface area contributed by atoms with E-state index in [1.54, 1.807) is 0 Å². The Morgan fingerprint density at radius 3 is 2.93 bits per heavy atom. The van der Waals surface area contributed by atoms with Crippen molar-refractivity contribution >= 4 is 17.4 Å². The van der Waals surface area contributed by atoms with Gasteiger partial charge in [0.1, 0.15) is 0 Å². The summed E-state index contributed by atoms with van der Waals surface area (Å²) in [6.07, 6.45) is 4.95. The Hall–Kier alpha value is -0.630. The maximum absolute atomic E-state index is 3.59. The largest absolute Gasteiger partial charge is 0.382 e. The van der Waals surface area contributed by atoms with E-state index in [9.17, 15) is 0 Å². The quantitative estimate of drug-likeness (QED) is 0.812. The van der Waals surface area contributed by atoms with Crippen LogP contribution in [0.5, 0.6) is 0 Å². The third-order valence-electron chi connectivity index (χ3n) is 2.96. The van der Waals surface area contributed by atoms with Gasteiger partial charge in [-0.25, -0.2) is 0 Å². The second-order valence-corrected chi connectivity index (χ2v) is 5.27. The predicted molar refractivity (Wildman–Crippen MR) is 69.5 cm³/mol. The molecule has 0 heterocycles. The number of nitrogens with one attached hydrogen (secondary N) is 1. The molecule has 1 fully saturated rings. The highest BCUT2D eigenvalue weighted by Gasteiger charge is 2.27. The van der Waals surface area contributed by atoms with Gasteiger partial charge < -0.3 is 5.32 Å². The third-order valence-corrected chi connectivity index (χ3v) is 3.58. The van der Waals surface area contributed by atoms with Crippen LogP contribution in [-0.4, -0.2) is 12.3 Å². The van der Waals surface area contributed by atoms with Crippen LogP contribution in [0.2, 0.25) is 0 Å². The van der Waals surface area contributed by atoms with Gasteiger partial charge in [-0.15, -0.1) is 0 Å². The van der Waals surface area contributed by atoms with Gasteiger partial charge in [0, 0.05) is 17.5 Å². The molecule has 0 bridgehead atoms. The van der Waals surface area contributed by atoms with Crippen LogP contribution in [0.3, 0.4) is 0 Å². The van der Waals surface area contributed by atoms with Crippen LogP contribution in [-0.2, 0) is 5.75 Å². The van der Waals surface area contributed by atoms with Crippen LogP contribution in [0.4, 0.5) is 5.69 Å². The minimum absolute atomic E-state index is 0.634. The lowest BCUT2D eigenvalue weighted by Gasteiger charge is -2.14. The molecule has 1 unspecified atom stereocenters. The van der Waals surface area contributed by atoms with Gasteiger partial charge in [0.15, 0.2) is 0 Å². The Kier molecular flexibility index (Phi) is 3.57. The number of thioether (sulfide) groups is 1. The van der Waals surface area contributed by atoms with Gasteiger partial charge in [-0.1, -0.05) is 12.1 Å². The molecule has 1 aliphatic rings. The molecule has 0 spiro atoms. The van der Waals surface area contributed by atoms with Gasteiger partial charge in [-0.05, 0) is 49.6 Å². The minimum atomic E-state index is 0.634. The fourth-order valence-electron chi connectivity index (χ4n) is 1.89. The Balaban J connectivity index is 1.97. The van der Waals surface area contributed by atoms with Crippen LogP contribution >= 0.6 is 11.8 Å². The Morgan fingerprint density at radius 1 is 1.47 bits per heavy atom. The molecule has 1 saturated carbocycles. The first-order valence-corrected chi connectivity index (χ1v) is 7.03. The van der Waals surface area contributed by atoms with Gasteiger partial charge in [0.05, 0.1) is 0 Å². The number of rotatable bonds is 5. The molecule has 0 amide bonds. The average Bonchev–Trinajstić information content (AvgIpc) is 3.01. The molecule has 2 heteroatoms. The number of benzene rings is 1. The first kappa shape index (κ1) is 10.9. The molecule has 0 aliphatic heterocycles. The van der Waals surface area contributed by atoms with Gasteiger partial charge >= 0.3 is 0 Å². The van der Waals surface area contributed by atoms with E-state index in [4.69, 9.17) is 0 Å². The Labute approximate surface area is 96.7 Å². The molecular formula is C13H19NS. The van der Waals surface area contributed by atoms with Crippen LogP contribution in [0.15, 0.2) is 24.3 Å². The minimum Gasteiger partial charge on any atom is -0.382 e. The monoisotopic (exact) mass is 221 g/mol. The summed E-state index contributed by atoms with van der Waals surface area (Å²) < 4.78 is 0. The molecule has 0 saturated heterocycles. The van der Waals surface area contributed by atoms with Crippen molar-refractivity contribution in [3.05, 3.63) is 29.8 Å². The van der Waals surface area contributed by atoms with Crippen molar-refractivity contribution in [3.63, 3.8) is 0 Å². The van der Waals surface area contributed by atoms with Crippen molar-refractivity contribution in [1.29, 1.82) is 0 Å². The van der Waals surface area contributed by atoms with Gasteiger partial charge in [-0.2, -0.15) is 11.8 Å². The van der Waals surface area contributed by atoms with Gasteiger partial charge in [0.25, 0.3) is 0 Å². The van der Waals surface area contributed by atoms with Crippen LogP contribution in [0.1, 0.15) is 25.3 Å². The molecule has 1 aliphatic carbocycles. The highest BCUT2D eigenvalue weighted by molar-refractivity contribution is 7.97. The standard InChI is InChI=1S/C13H19NS/c1-10(12-6-7-12)14-13-5-3-4-11(8-13)9-15-2/h3-5,8,10,12,14H,6-7,9H2,1-2H3. The molecule has 0 aromatic heterocycles.